The van der Waals surface area contributed by atoms with Crippen molar-refractivity contribution in [3.05, 3.63) is 24.0 Å². The summed E-state index contributed by atoms with van der Waals surface area (Å²) in [6.45, 7) is 2.39. The van der Waals surface area contributed by atoms with E-state index < -0.39 is 0 Å². The molecule has 0 bridgehead atoms. The zero-order valence-electron chi connectivity index (χ0n) is 6.33. The number of hydrogen-bond donors (Lipinski definition) is 0. The predicted molar refractivity (Wildman–Crippen MR) is 42.6 cm³/mol. The standard InChI is InChI=1S/C9H8N2/c1-2-3-6-11-7-4-5-9(11)8-10/h4-5,7H,6H2,1H3. The molecular weight excluding hydrogens is 136 g/mol. The van der Waals surface area contributed by atoms with Gasteiger partial charge in [0.1, 0.15) is 11.8 Å². The minimum Gasteiger partial charge on any atom is -0.328 e. The van der Waals surface area contributed by atoms with Gasteiger partial charge in [-0.25, -0.2) is 0 Å². The van der Waals surface area contributed by atoms with Crippen LogP contribution in [0.15, 0.2) is 18.3 Å². The quantitative estimate of drug-likeness (QED) is 0.547. The lowest BCUT2D eigenvalue weighted by molar-refractivity contribution is 0.835. The molecule has 0 atom stereocenters. The molecule has 0 saturated heterocycles. The average Bonchev–Trinajstić information content (AvgIpc) is 2.47. The van der Waals surface area contributed by atoms with E-state index >= 15 is 0 Å². The summed E-state index contributed by atoms with van der Waals surface area (Å²) in [4.78, 5) is 0. The minimum atomic E-state index is 0.604. The van der Waals surface area contributed by atoms with Crippen molar-refractivity contribution in [2.75, 3.05) is 0 Å². The van der Waals surface area contributed by atoms with E-state index in [2.05, 4.69) is 17.9 Å². The second kappa shape index (κ2) is 3.49. The Morgan fingerprint density at radius 3 is 3.09 bits per heavy atom. The van der Waals surface area contributed by atoms with Crippen LogP contribution in [0.5, 0.6) is 0 Å². The lowest BCUT2D eigenvalue weighted by atomic mass is 10.4. The molecule has 11 heavy (non-hydrogen) atoms. The Labute approximate surface area is 66.1 Å². The van der Waals surface area contributed by atoms with Crippen molar-refractivity contribution < 1.29 is 0 Å². The molecule has 0 N–H and O–H groups in total. The highest BCUT2D eigenvalue weighted by Crippen LogP contribution is 1.98. The summed E-state index contributed by atoms with van der Waals surface area (Å²) in [5.74, 6) is 5.66. The van der Waals surface area contributed by atoms with Gasteiger partial charge in [-0.1, -0.05) is 5.92 Å². The molecule has 0 amide bonds. The lowest BCUT2D eigenvalue weighted by Gasteiger charge is -1.95. The molecule has 0 fully saturated rings. The zero-order chi connectivity index (χ0) is 8.10. The topological polar surface area (TPSA) is 28.7 Å². The van der Waals surface area contributed by atoms with Crippen LogP contribution in [0.4, 0.5) is 0 Å². The highest BCUT2D eigenvalue weighted by Gasteiger charge is 1.94. The molecule has 2 heteroatoms. The van der Waals surface area contributed by atoms with Crippen molar-refractivity contribution in [2.24, 2.45) is 0 Å². The van der Waals surface area contributed by atoms with E-state index in [1.165, 1.54) is 0 Å². The maximum absolute atomic E-state index is 8.59. The molecule has 0 spiro atoms. The number of hydrogen-bond acceptors (Lipinski definition) is 1. The molecule has 1 aromatic rings. The van der Waals surface area contributed by atoms with Crippen molar-refractivity contribution in [3.63, 3.8) is 0 Å². The summed E-state index contributed by atoms with van der Waals surface area (Å²) in [6.07, 6.45) is 1.85. The van der Waals surface area contributed by atoms with Crippen LogP contribution in [0.2, 0.25) is 0 Å². The Morgan fingerprint density at radius 2 is 2.45 bits per heavy atom. The molecular formula is C9H8N2. The molecule has 0 unspecified atom stereocenters. The smallest absolute Gasteiger partial charge is 0.121 e. The Balaban J connectivity index is 2.84. The summed E-state index contributed by atoms with van der Waals surface area (Å²) in [6, 6.07) is 5.70. The van der Waals surface area contributed by atoms with Gasteiger partial charge in [0.15, 0.2) is 0 Å². The summed E-state index contributed by atoms with van der Waals surface area (Å²) < 4.78 is 1.82. The molecule has 0 aromatic carbocycles. The first-order chi connectivity index (χ1) is 5.38. The van der Waals surface area contributed by atoms with Gasteiger partial charge < -0.3 is 4.57 Å². The Hall–Kier alpha value is -1.67. The third kappa shape index (κ3) is 1.63. The van der Waals surface area contributed by atoms with E-state index in [0.717, 1.165) is 0 Å². The molecule has 1 rings (SSSR count). The number of rotatable bonds is 1. The van der Waals surface area contributed by atoms with Crippen LogP contribution in [0.1, 0.15) is 12.6 Å². The molecule has 54 valence electrons. The Morgan fingerprint density at radius 1 is 1.64 bits per heavy atom. The summed E-state index contributed by atoms with van der Waals surface area (Å²) in [5, 5.41) is 8.59. The van der Waals surface area contributed by atoms with Crippen molar-refractivity contribution in [2.45, 2.75) is 13.5 Å². The van der Waals surface area contributed by atoms with E-state index in [1.807, 2.05) is 16.8 Å². The van der Waals surface area contributed by atoms with Gasteiger partial charge in [-0.2, -0.15) is 5.26 Å². The number of nitrogens with zero attached hydrogens (tertiary/aromatic N) is 2. The fourth-order valence-electron chi connectivity index (χ4n) is 0.818. The average molecular weight is 144 g/mol. The molecule has 1 heterocycles. The van der Waals surface area contributed by atoms with E-state index in [1.54, 1.807) is 13.0 Å². The van der Waals surface area contributed by atoms with Crippen LogP contribution in [0.3, 0.4) is 0 Å². The van der Waals surface area contributed by atoms with E-state index in [-0.39, 0.29) is 0 Å². The largest absolute Gasteiger partial charge is 0.328 e. The van der Waals surface area contributed by atoms with Crippen LogP contribution < -0.4 is 0 Å². The van der Waals surface area contributed by atoms with Crippen LogP contribution >= 0.6 is 0 Å². The van der Waals surface area contributed by atoms with Crippen molar-refractivity contribution in [1.29, 1.82) is 5.26 Å². The van der Waals surface area contributed by atoms with Crippen molar-refractivity contribution in [1.82, 2.24) is 4.57 Å². The second-order valence-electron chi connectivity index (χ2n) is 2.06. The van der Waals surface area contributed by atoms with Crippen molar-refractivity contribution in [3.8, 4) is 17.9 Å². The number of aromatic nitrogens is 1. The first-order valence-electron chi connectivity index (χ1n) is 3.33. The molecule has 0 aliphatic carbocycles. The van der Waals surface area contributed by atoms with Gasteiger partial charge in [-0.05, 0) is 19.1 Å². The summed E-state index contributed by atoms with van der Waals surface area (Å²) >= 11 is 0. The van der Waals surface area contributed by atoms with E-state index in [0.29, 0.717) is 12.2 Å². The van der Waals surface area contributed by atoms with Gasteiger partial charge in [0, 0.05) is 6.20 Å². The zero-order valence-corrected chi connectivity index (χ0v) is 6.33. The van der Waals surface area contributed by atoms with Gasteiger partial charge in [0.2, 0.25) is 0 Å². The summed E-state index contributed by atoms with van der Waals surface area (Å²) in [5.41, 5.74) is 0.660. The molecule has 0 radical (unpaired) electrons. The highest BCUT2D eigenvalue weighted by atomic mass is 14.9. The Bertz CT molecular complexity index is 330. The predicted octanol–water partition coefficient (Wildman–Crippen LogP) is 1.38. The van der Waals surface area contributed by atoms with Gasteiger partial charge in [-0.15, -0.1) is 5.92 Å². The molecule has 0 aliphatic rings. The van der Waals surface area contributed by atoms with Crippen LogP contribution in [-0.2, 0) is 6.54 Å². The van der Waals surface area contributed by atoms with E-state index in [4.69, 9.17) is 5.26 Å². The van der Waals surface area contributed by atoms with E-state index in [9.17, 15) is 0 Å². The third-order valence-electron chi connectivity index (χ3n) is 1.37. The maximum atomic E-state index is 8.59. The first kappa shape index (κ1) is 7.44. The molecule has 2 nitrogen and oxygen atoms in total. The highest BCUT2D eigenvalue weighted by molar-refractivity contribution is 5.22. The molecule has 0 saturated carbocycles. The van der Waals surface area contributed by atoms with Crippen LogP contribution in [-0.4, -0.2) is 4.57 Å². The van der Waals surface area contributed by atoms with Gasteiger partial charge >= 0.3 is 0 Å². The summed E-state index contributed by atoms with van der Waals surface area (Å²) in [7, 11) is 0. The van der Waals surface area contributed by atoms with Gasteiger partial charge in [-0.3, -0.25) is 0 Å². The van der Waals surface area contributed by atoms with Gasteiger partial charge in [0.25, 0.3) is 0 Å². The normalized spacial score (nSPS) is 8.00. The maximum Gasteiger partial charge on any atom is 0.121 e. The lowest BCUT2D eigenvalue weighted by Crippen LogP contribution is -1.95. The molecule has 0 aliphatic heterocycles. The third-order valence-corrected chi connectivity index (χ3v) is 1.37. The SMILES string of the molecule is CC#CCn1cccc1C#N. The monoisotopic (exact) mass is 144 g/mol. The van der Waals surface area contributed by atoms with Crippen LogP contribution in [0.25, 0.3) is 0 Å². The van der Waals surface area contributed by atoms with Crippen molar-refractivity contribution >= 4 is 0 Å². The van der Waals surface area contributed by atoms with Crippen LogP contribution in [0, 0.1) is 23.2 Å². The fourth-order valence-corrected chi connectivity index (χ4v) is 0.818. The fraction of sp³-hybridized carbons (Fsp3) is 0.222. The minimum absolute atomic E-state index is 0.604. The number of nitriles is 1. The first-order valence-corrected chi connectivity index (χ1v) is 3.33. The second-order valence-corrected chi connectivity index (χ2v) is 2.06. The Kier molecular flexibility index (Phi) is 2.36. The molecule has 1 aromatic heterocycles. The van der Waals surface area contributed by atoms with Gasteiger partial charge in [0.05, 0.1) is 6.54 Å².